The van der Waals surface area contributed by atoms with Gasteiger partial charge in [-0.2, -0.15) is 8.78 Å². The van der Waals surface area contributed by atoms with Crippen LogP contribution in [0, 0.1) is 5.92 Å². The second-order valence-electron chi connectivity index (χ2n) is 4.05. The first-order chi connectivity index (χ1) is 8.52. The molecule has 6 heteroatoms. The molecule has 1 aromatic carbocycles. The maximum Gasteiger partial charge on any atom is 0.387 e. The Morgan fingerprint density at radius 2 is 2.17 bits per heavy atom. The quantitative estimate of drug-likeness (QED) is 0.810. The highest BCUT2D eigenvalue weighted by atomic mass is 79.9. The third-order valence-electron chi connectivity index (χ3n) is 2.36. The fraction of sp³-hybridized carbons (Fsp3) is 0.500. The molecule has 0 saturated carbocycles. The largest absolute Gasteiger partial charge is 0.434 e. The van der Waals surface area contributed by atoms with Gasteiger partial charge in [0.1, 0.15) is 5.75 Å². The number of alkyl halides is 2. The van der Waals surface area contributed by atoms with Crippen molar-refractivity contribution in [3.05, 3.63) is 28.2 Å². The lowest BCUT2D eigenvalue weighted by atomic mass is 10.1. The summed E-state index contributed by atoms with van der Waals surface area (Å²) in [6.45, 7) is 0.167. The van der Waals surface area contributed by atoms with Crippen molar-refractivity contribution < 1.29 is 18.6 Å². The summed E-state index contributed by atoms with van der Waals surface area (Å²) in [5.41, 5.74) is 0.648. The molecule has 0 amide bonds. The van der Waals surface area contributed by atoms with E-state index in [1.807, 2.05) is 6.92 Å². The fourth-order valence-corrected chi connectivity index (χ4v) is 1.82. The van der Waals surface area contributed by atoms with Gasteiger partial charge in [-0.25, -0.2) is 0 Å². The molecule has 3 nitrogen and oxygen atoms in total. The van der Waals surface area contributed by atoms with Crippen LogP contribution in [-0.4, -0.2) is 24.9 Å². The molecule has 18 heavy (non-hydrogen) atoms. The van der Waals surface area contributed by atoms with E-state index in [4.69, 9.17) is 5.11 Å². The normalized spacial score (nSPS) is 12.8. The first kappa shape index (κ1) is 15.3. The highest BCUT2D eigenvalue weighted by molar-refractivity contribution is 9.10. The first-order valence-corrected chi connectivity index (χ1v) is 6.37. The summed E-state index contributed by atoms with van der Waals surface area (Å²) in [7, 11) is 0. The maximum atomic E-state index is 12.2. The number of nitrogens with one attached hydrogen (secondary N) is 1. The van der Waals surface area contributed by atoms with Gasteiger partial charge in [0.25, 0.3) is 0 Å². The van der Waals surface area contributed by atoms with Crippen LogP contribution in [0.15, 0.2) is 22.7 Å². The number of ether oxygens (including phenoxy) is 1. The third kappa shape index (κ3) is 5.29. The molecule has 0 aromatic heterocycles. The van der Waals surface area contributed by atoms with E-state index in [1.165, 1.54) is 6.07 Å². The molecule has 102 valence electrons. The number of hydrogen-bond donors (Lipinski definition) is 2. The Labute approximate surface area is 113 Å². The minimum absolute atomic E-state index is 0.0892. The van der Waals surface area contributed by atoms with Gasteiger partial charge in [-0.15, -0.1) is 0 Å². The smallest absolute Gasteiger partial charge is 0.387 e. The van der Waals surface area contributed by atoms with Crippen molar-refractivity contribution in [2.24, 2.45) is 5.92 Å². The highest BCUT2D eigenvalue weighted by Crippen LogP contribution is 2.24. The summed E-state index contributed by atoms with van der Waals surface area (Å²) < 4.78 is 29.7. The molecule has 0 aliphatic carbocycles. The van der Waals surface area contributed by atoms with Crippen LogP contribution in [0.3, 0.4) is 0 Å². The Balaban J connectivity index is 2.64. The van der Waals surface area contributed by atoms with Gasteiger partial charge in [0, 0.05) is 29.7 Å². The Morgan fingerprint density at radius 1 is 1.44 bits per heavy atom. The number of halogens is 3. The average molecular weight is 324 g/mol. The molecule has 0 heterocycles. The Bertz CT molecular complexity index is 377. The van der Waals surface area contributed by atoms with Crippen LogP contribution in [0.4, 0.5) is 8.78 Å². The molecule has 1 rings (SSSR count). The van der Waals surface area contributed by atoms with Gasteiger partial charge in [0.05, 0.1) is 0 Å². The Hall–Kier alpha value is -0.720. The van der Waals surface area contributed by atoms with Crippen LogP contribution >= 0.6 is 15.9 Å². The molecule has 2 N–H and O–H groups in total. The minimum atomic E-state index is -2.83. The molecule has 0 aliphatic rings. The van der Waals surface area contributed by atoms with Gasteiger partial charge >= 0.3 is 6.61 Å². The molecule has 0 spiro atoms. The van der Waals surface area contributed by atoms with Crippen molar-refractivity contribution in [2.75, 3.05) is 13.2 Å². The zero-order valence-electron chi connectivity index (χ0n) is 10.00. The average Bonchev–Trinajstić information content (AvgIpc) is 2.31. The van der Waals surface area contributed by atoms with Crippen molar-refractivity contribution in [1.29, 1.82) is 0 Å². The van der Waals surface area contributed by atoms with Crippen molar-refractivity contribution in [2.45, 2.75) is 20.1 Å². The molecular weight excluding hydrogens is 308 g/mol. The Morgan fingerprint density at radius 3 is 2.78 bits per heavy atom. The van der Waals surface area contributed by atoms with Gasteiger partial charge in [0.15, 0.2) is 0 Å². The third-order valence-corrected chi connectivity index (χ3v) is 2.85. The van der Waals surface area contributed by atoms with Gasteiger partial charge in [0.2, 0.25) is 0 Å². The molecule has 0 bridgehead atoms. The number of benzene rings is 1. The van der Waals surface area contributed by atoms with Crippen LogP contribution in [0.1, 0.15) is 12.5 Å². The summed E-state index contributed by atoms with van der Waals surface area (Å²) in [4.78, 5) is 0. The highest BCUT2D eigenvalue weighted by Gasteiger charge is 2.10. The molecule has 0 fully saturated rings. The maximum absolute atomic E-state index is 12.2. The molecule has 1 unspecified atom stereocenters. The monoisotopic (exact) mass is 323 g/mol. The van der Waals surface area contributed by atoms with E-state index in [1.54, 1.807) is 12.1 Å². The van der Waals surface area contributed by atoms with Crippen molar-refractivity contribution in [3.63, 3.8) is 0 Å². The summed E-state index contributed by atoms with van der Waals surface area (Å²) in [6.07, 6.45) is 0. The second-order valence-corrected chi connectivity index (χ2v) is 4.96. The van der Waals surface area contributed by atoms with Crippen molar-refractivity contribution >= 4 is 15.9 Å². The van der Waals surface area contributed by atoms with Gasteiger partial charge in [-0.05, 0) is 24.1 Å². The lowest BCUT2D eigenvalue weighted by molar-refractivity contribution is -0.0505. The summed E-state index contributed by atoms with van der Waals surface area (Å²) in [6, 6.07) is 4.88. The van der Waals surface area contributed by atoms with E-state index in [-0.39, 0.29) is 18.3 Å². The van der Waals surface area contributed by atoms with Crippen LogP contribution in [0.25, 0.3) is 0 Å². The van der Waals surface area contributed by atoms with Crippen LogP contribution in [-0.2, 0) is 6.54 Å². The van der Waals surface area contributed by atoms with Crippen LogP contribution in [0.2, 0.25) is 0 Å². The van der Waals surface area contributed by atoms with Crippen LogP contribution in [0.5, 0.6) is 5.75 Å². The van der Waals surface area contributed by atoms with E-state index in [0.29, 0.717) is 18.7 Å². The zero-order chi connectivity index (χ0) is 13.5. The molecule has 0 radical (unpaired) electrons. The molecule has 0 saturated heterocycles. The molecule has 1 aromatic rings. The van der Waals surface area contributed by atoms with E-state index in [0.717, 1.165) is 4.47 Å². The van der Waals surface area contributed by atoms with E-state index in [9.17, 15) is 8.78 Å². The lowest BCUT2D eigenvalue weighted by Gasteiger charge is -2.13. The number of aliphatic hydroxyl groups excluding tert-OH is 1. The predicted octanol–water partition coefficient (Wildman–Crippen LogP) is 2.77. The Kier molecular flexibility index (Phi) is 6.52. The van der Waals surface area contributed by atoms with E-state index < -0.39 is 6.61 Å². The SMILES string of the molecule is CC(CO)CNCc1cc(Br)ccc1OC(F)F. The van der Waals surface area contributed by atoms with Crippen LogP contribution < -0.4 is 10.1 Å². The van der Waals surface area contributed by atoms with Gasteiger partial charge < -0.3 is 15.2 Å². The topological polar surface area (TPSA) is 41.5 Å². The first-order valence-electron chi connectivity index (χ1n) is 5.57. The molecule has 1 atom stereocenters. The molecular formula is C12H16BrF2NO2. The van der Waals surface area contributed by atoms with Crippen molar-refractivity contribution in [1.82, 2.24) is 5.32 Å². The summed E-state index contributed by atoms with van der Waals surface area (Å²) >= 11 is 3.29. The zero-order valence-corrected chi connectivity index (χ0v) is 11.6. The number of aliphatic hydroxyl groups is 1. The standard InChI is InChI=1S/C12H16BrF2NO2/c1-8(7-17)5-16-6-9-4-10(13)2-3-11(9)18-12(14)15/h2-4,8,12,16-17H,5-7H2,1H3. The van der Waals surface area contributed by atoms with E-state index in [2.05, 4.69) is 26.0 Å². The molecule has 0 aliphatic heterocycles. The summed E-state index contributed by atoms with van der Waals surface area (Å²) in [5, 5.41) is 12.0. The van der Waals surface area contributed by atoms with Gasteiger partial charge in [-0.3, -0.25) is 0 Å². The van der Waals surface area contributed by atoms with Crippen molar-refractivity contribution in [3.8, 4) is 5.75 Å². The lowest BCUT2D eigenvalue weighted by Crippen LogP contribution is -2.23. The minimum Gasteiger partial charge on any atom is -0.434 e. The summed E-state index contributed by atoms with van der Waals surface area (Å²) in [5.74, 6) is 0.286. The predicted molar refractivity (Wildman–Crippen MR) is 68.7 cm³/mol. The number of hydrogen-bond acceptors (Lipinski definition) is 3. The number of rotatable bonds is 7. The van der Waals surface area contributed by atoms with E-state index >= 15 is 0 Å². The second kappa shape index (κ2) is 7.66. The van der Waals surface area contributed by atoms with Gasteiger partial charge in [-0.1, -0.05) is 22.9 Å². The fourth-order valence-electron chi connectivity index (χ4n) is 1.41.